The zero-order chi connectivity index (χ0) is 14.7. The molecule has 1 aromatic carbocycles. The molecule has 0 saturated heterocycles. The van der Waals surface area contributed by atoms with Crippen molar-refractivity contribution in [3.8, 4) is 0 Å². The highest BCUT2D eigenvalue weighted by Crippen LogP contribution is 2.30. The van der Waals surface area contributed by atoms with Crippen LogP contribution in [0.3, 0.4) is 0 Å². The number of aryl methyl sites for hydroxylation is 1. The number of anilines is 1. The maximum Gasteiger partial charge on any atom is 0.157 e. The Bertz CT molecular complexity index is 722. The first-order chi connectivity index (χ1) is 10.3. The third-order valence-corrected chi connectivity index (χ3v) is 4.63. The van der Waals surface area contributed by atoms with Crippen molar-refractivity contribution < 1.29 is 0 Å². The van der Waals surface area contributed by atoms with Gasteiger partial charge in [-0.1, -0.05) is 43.7 Å². The van der Waals surface area contributed by atoms with Crippen molar-refractivity contribution in [2.75, 3.05) is 5.32 Å². The molecule has 0 radical (unpaired) electrons. The zero-order valence-electron chi connectivity index (χ0n) is 12.3. The molecule has 3 rings (SSSR count). The third-order valence-electron chi connectivity index (χ3n) is 3.65. The Labute approximate surface area is 129 Å². The minimum absolute atomic E-state index is 0.301. The van der Waals surface area contributed by atoms with Gasteiger partial charge in [-0.25, -0.2) is 0 Å². The van der Waals surface area contributed by atoms with Crippen LogP contribution in [0.5, 0.6) is 0 Å². The largest absolute Gasteiger partial charge is 0.360 e. The van der Waals surface area contributed by atoms with Gasteiger partial charge in [-0.3, -0.25) is 0 Å². The van der Waals surface area contributed by atoms with E-state index in [4.69, 9.17) is 0 Å². The molecule has 3 aromatic rings. The number of benzene rings is 1. The van der Waals surface area contributed by atoms with Crippen LogP contribution in [0.2, 0.25) is 0 Å². The van der Waals surface area contributed by atoms with Gasteiger partial charge in [0.25, 0.3) is 0 Å². The second-order valence-electron chi connectivity index (χ2n) is 5.18. The number of aromatic nitrogens is 2. The number of thiophene rings is 1. The lowest BCUT2D eigenvalue weighted by atomic mass is 10.1. The number of hydrogen-bond donors (Lipinski definition) is 1. The van der Waals surface area contributed by atoms with Gasteiger partial charge >= 0.3 is 0 Å². The lowest BCUT2D eigenvalue weighted by Crippen LogP contribution is -2.11. The van der Waals surface area contributed by atoms with Gasteiger partial charge in [0.05, 0.1) is 11.7 Å². The fourth-order valence-corrected chi connectivity index (χ4v) is 3.39. The number of hydrogen-bond acceptors (Lipinski definition) is 4. The molecule has 0 spiro atoms. The summed E-state index contributed by atoms with van der Waals surface area (Å²) in [6.45, 7) is 4.21. The van der Waals surface area contributed by atoms with E-state index < -0.39 is 0 Å². The molecule has 21 heavy (non-hydrogen) atoms. The van der Waals surface area contributed by atoms with Crippen LogP contribution in [0.25, 0.3) is 10.8 Å². The average molecular weight is 297 g/mol. The number of rotatable bonds is 5. The molecule has 108 valence electrons. The summed E-state index contributed by atoms with van der Waals surface area (Å²) in [4.78, 5) is 1.35. The Morgan fingerprint density at radius 2 is 1.90 bits per heavy atom. The van der Waals surface area contributed by atoms with Gasteiger partial charge in [0.15, 0.2) is 5.82 Å². The van der Waals surface area contributed by atoms with Gasteiger partial charge in [-0.2, -0.15) is 5.10 Å². The van der Waals surface area contributed by atoms with E-state index in [-0.39, 0.29) is 0 Å². The zero-order valence-corrected chi connectivity index (χ0v) is 13.2. The molecule has 2 heterocycles. The van der Waals surface area contributed by atoms with Crippen molar-refractivity contribution in [1.82, 2.24) is 10.2 Å². The molecule has 0 aliphatic heterocycles. The minimum atomic E-state index is 0.301. The van der Waals surface area contributed by atoms with E-state index in [1.54, 1.807) is 11.3 Å². The molecule has 1 N–H and O–H groups in total. The van der Waals surface area contributed by atoms with Crippen LogP contribution in [0.1, 0.15) is 36.4 Å². The maximum atomic E-state index is 4.38. The summed E-state index contributed by atoms with van der Waals surface area (Å²) in [6, 6.07) is 12.9. The van der Waals surface area contributed by atoms with E-state index in [0.717, 1.165) is 35.1 Å². The predicted molar refractivity (Wildman–Crippen MR) is 89.9 cm³/mol. The molecule has 1 atom stereocenters. The van der Waals surface area contributed by atoms with E-state index in [0.29, 0.717) is 6.04 Å². The van der Waals surface area contributed by atoms with Gasteiger partial charge < -0.3 is 5.32 Å². The number of nitrogens with one attached hydrogen (secondary N) is 1. The molecule has 3 nitrogen and oxygen atoms in total. The van der Waals surface area contributed by atoms with Crippen LogP contribution in [-0.2, 0) is 0 Å². The second-order valence-corrected chi connectivity index (χ2v) is 6.16. The monoisotopic (exact) mass is 297 g/mol. The Morgan fingerprint density at radius 3 is 2.62 bits per heavy atom. The first-order valence-corrected chi connectivity index (χ1v) is 8.19. The van der Waals surface area contributed by atoms with Crippen molar-refractivity contribution in [3.63, 3.8) is 0 Å². The molecule has 4 heteroatoms. The first-order valence-electron chi connectivity index (χ1n) is 7.31. The summed E-state index contributed by atoms with van der Waals surface area (Å²) in [5.41, 5.74) is 0.972. The van der Waals surface area contributed by atoms with E-state index in [1.807, 2.05) is 13.0 Å². The SMILES string of the molecule is CCCC(Nc1nnc(C)c2ccccc12)c1cccs1. The molecular weight excluding hydrogens is 278 g/mol. The normalized spacial score (nSPS) is 12.5. The first kappa shape index (κ1) is 14.0. The molecule has 1 unspecified atom stereocenters. The van der Waals surface area contributed by atoms with Crippen molar-refractivity contribution in [2.45, 2.75) is 32.7 Å². The number of fused-ring (bicyclic) bond motifs is 1. The summed E-state index contributed by atoms with van der Waals surface area (Å²) in [6.07, 6.45) is 2.22. The van der Waals surface area contributed by atoms with Gasteiger partial charge in [0.1, 0.15) is 0 Å². The van der Waals surface area contributed by atoms with Gasteiger partial charge in [0.2, 0.25) is 0 Å². The predicted octanol–water partition coefficient (Wildman–Crippen LogP) is 4.95. The van der Waals surface area contributed by atoms with E-state index in [2.05, 4.69) is 58.1 Å². The molecule has 0 bridgehead atoms. The highest BCUT2D eigenvalue weighted by molar-refractivity contribution is 7.10. The Morgan fingerprint density at radius 1 is 1.10 bits per heavy atom. The summed E-state index contributed by atoms with van der Waals surface area (Å²) in [5, 5.41) is 16.7. The molecule has 0 saturated carbocycles. The van der Waals surface area contributed by atoms with Crippen LogP contribution >= 0.6 is 11.3 Å². The van der Waals surface area contributed by atoms with Crippen molar-refractivity contribution in [2.24, 2.45) is 0 Å². The average Bonchev–Trinajstić information content (AvgIpc) is 3.04. The fraction of sp³-hybridized carbons (Fsp3) is 0.294. The van der Waals surface area contributed by atoms with Gasteiger partial charge in [0, 0.05) is 15.6 Å². The second kappa shape index (κ2) is 6.22. The minimum Gasteiger partial charge on any atom is -0.360 e. The highest BCUT2D eigenvalue weighted by Gasteiger charge is 2.14. The van der Waals surface area contributed by atoms with Gasteiger partial charge in [-0.05, 0) is 24.8 Å². The highest BCUT2D eigenvalue weighted by atomic mass is 32.1. The third kappa shape index (κ3) is 2.90. The molecule has 0 aliphatic carbocycles. The Hall–Kier alpha value is -1.94. The maximum absolute atomic E-state index is 4.38. The van der Waals surface area contributed by atoms with E-state index >= 15 is 0 Å². The summed E-state index contributed by atoms with van der Waals surface area (Å²) < 4.78 is 0. The van der Waals surface area contributed by atoms with Gasteiger partial charge in [-0.15, -0.1) is 16.4 Å². The molecular formula is C17H19N3S. The lowest BCUT2D eigenvalue weighted by molar-refractivity contribution is 0.683. The van der Waals surface area contributed by atoms with Crippen molar-refractivity contribution in [1.29, 1.82) is 0 Å². The van der Waals surface area contributed by atoms with Crippen LogP contribution in [-0.4, -0.2) is 10.2 Å². The lowest BCUT2D eigenvalue weighted by Gasteiger charge is -2.18. The Kier molecular flexibility index (Phi) is 4.15. The quantitative estimate of drug-likeness (QED) is 0.724. The molecule has 2 aromatic heterocycles. The molecule has 0 amide bonds. The van der Waals surface area contributed by atoms with Crippen molar-refractivity contribution in [3.05, 3.63) is 52.3 Å². The van der Waals surface area contributed by atoms with Crippen LogP contribution in [0.15, 0.2) is 41.8 Å². The summed E-state index contributed by atoms with van der Waals surface area (Å²) in [5.74, 6) is 0.878. The summed E-state index contributed by atoms with van der Waals surface area (Å²) in [7, 11) is 0. The smallest absolute Gasteiger partial charge is 0.157 e. The van der Waals surface area contributed by atoms with E-state index in [9.17, 15) is 0 Å². The van der Waals surface area contributed by atoms with Crippen LogP contribution < -0.4 is 5.32 Å². The standard InChI is InChI=1S/C17H19N3S/c1-3-7-15(16-10-6-11-21-16)18-17-14-9-5-4-8-13(14)12(2)19-20-17/h4-6,8-11,15H,3,7H2,1-2H3,(H,18,20). The van der Waals surface area contributed by atoms with Crippen LogP contribution in [0, 0.1) is 6.92 Å². The molecule has 0 aliphatic rings. The fourth-order valence-electron chi connectivity index (χ4n) is 2.57. The molecule has 0 fully saturated rings. The van der Waals surface area contributed by atoms with Crippen molar-refractivity contribution >= 4 is 27.9 Å². The number of nitrogens with zero attached hydrogens (tertiary/aromatic N) is 2. The Balaban J connectivity index is 1.98. The van der Waals surface area contributed by atoms with E-state index in [1.165, 1.54) is 4.88 Å². The van der Waals surface area contributed by atoms with Crippen LogP contribution in [0.4, 0.5) is 5.82 Å². The topological polar surface area (TPSA) is 37.8 Å². The summed E-state index contributed by atoms with van der Waals surface area (Å²) >= 11 is 1.79.